The fourth-order valence-corrected chi connectivity index (χ4v) is 5.26. The molecule has 3 aromatic rings. The van der Waals surface area contributed by atoms with Crippen molar-refractivity contribution in [1.82, 2.24) is 19.4 Å². The third-order valence-corrected chi connectivity index (χ3v) is 7.35. The van der Waals surface area contributed by atoms with Gasteiger partial charge in [-0.15, -0.1) is 0 Å². The molecule has 14 heteroatoms. The van der Waals surface area contributed by atoms with Gasteiger partial charge in [-0.05, 0) is 51.1 Å². The number of hydrogen-bond donors (Lipinski definition) is 1. The lowest BCUT2D eigenvalue weighted by atomic mass is 10.2. The average Bonchev–Trinajstić information content (AvgIpc) is 3.19. The number of nitrogens with one attached hydrogen (secondary N) is 1. The maximum Gasteiger partial charge on any atom is 0.274 e. The second kappa shape index (κ2) is 10.8. The number of ether oxygens (including phenoxy) is 2. The summed E-state index contributed by atoms with van der Waals surface area (Å²) in [5.74, 6) is -1.11. The molecule has 1 aliphatic rings. The molecule has 2 heterocycles. The summed E-state index contributed by atoms with van der Waals surface area (Å²) in [5.41, 5.74) is 0.243. The molecule has 202 valence electrons. The summed E-state index contributed by atoms with van der Waals surface area (Å²) >= 11 is 0. The van der Waals surface area contributed by atoms with Gasteiger partial charge in [-0.2, -0.15) is 9.78 Å². The van der Waals surface area contributed by atoms with Crippen LogP contribution >= 0.6 is 0 Å². The summed E-state index contributed by atoms with van der Waals surface area (Å²) in [6.45, 7) is 6.27. The highest BCUT2D eigenvalue weighted by Gasteiger charge is 2.30. The molecular formula is C24H26FN5O7S. The molecule has 0 saturated carbocycles. The van der Waals surface area contributed by atoms with Gasteiger partial charge in [0.05, 0.1) is 23.8 Å². The highest BCUT2D eigenvalue weighted by atomic mass is 32.2. The van der Waals surface area contributed by atoms with Gasteiger partial charge in [0.2, 0.25) is 15.9 Å². The number of amides is 1. The third-order valence-electron chi connectivity index (χ3n) is 5.67. The molecule has 0 aliphatic carbocycles. The van der Waals surface area contributed by atoms with Gasteiger partial charge in [0.1, 0.15) is 16.5 Å². The fourth-order valence-electron chi connectivity index (χ4n) is 3.86. The van der Waals surface area contributed by atoms with Crippen LogP contribution in [0.1, 0.15) is 29.9 Å². The first-order valence-electron chi connectivity index (χ1n) is 11.7. The minimum atomic E-state index is -4.24. The number of aromatic nitrogens is 2. The number of rotatable bonds is 8. The Balaban J connectivity index is 1.86. The highest BCUT2D eigenvalue weighted by molar-refractivity contribution is 7.89. The first kappa shape index (κ1) is 27.2. The average molecular weight is 548 g/mol. The molecule has 0 radical (unpaired) electrons. The first-order valence-corrected chi connectivity index (χ1v) is 13.2. The Labute approximate surface area is 218 Å². The Morgan fingerprint density at radius 2 is 1.84 bits per heavy atom. The summed E-state index contributed by atoms with van der Waals surface area (Å²) in [4.78, 5) is 25.1. The van der Waals surface area contributed by atoms with Crippen molar-refractivity contribution in [1.29, 1.82) is 0 Å². The third kappa shape index (κ3) is 5.66. The maximum atomic E-state index is 13.6. The van der Waals surface area contributed by atoms with Crippen LogP contribution in [0.4, 0.5) is 10.1 Å². The summed E-state index contributed by atoms with van der Waals surface area (Å²) in [7, 11) is -4.24. The SMILES string of the molecule is Cc1c(C(=O)N2CCOCC2)nn(-c2ccc(F)cc2)c1Oc1ccc([N+](=O)[O-])cc1S(=O)(=O)NC(C)C. The molecule has 1 N–H and O–H groups in total. The zero-order valence-corrected chi connectivity index (χ0v) is 21.7. The van der Waals surface area contributed by atoms with Gasteiger partial charge in [0, 0.05) is 36.8 Å². The van der Waals surface area contributed by atoms with Gasteiger partial charge in [-0.3, -0.25) is 14.9 Å². The van der Waals surface area contributed by atoms with Crippen molar-refractivity contribution < 1.29 is 32.0 Å². The molecule has 1 saturated heterocycles. The lowest BCUT2D eigenvalue weighted by Crippen LogP contribution is -2.41. The number of non-ortho nitro benzene ring substituents is 1. The zero-order chi connectivity index (χ0) is 27.6. The van der Waals surface area contributed by atoms with Gasteiger partial charge in [0.15, 0.2) is 5.69 Å². The number of benzene rings is 2. The quantitative estimate of drug-likeness (QED) is 0.334. The van der Waals surface area contributed by atoms with Crippen molar-refractivity contribution in [2.45, 2.75) is 31.7 Å². The molecule has 1 aromatic heterocycles. The van der Waals surface area contributed by atoms with Crippen LogP contribution in [-0.2, 0) is 14.8 Å². The Hall–Kier alpha value is -3.88. The molecule has 38 heavy (non-hydrogen) atoms. The predicted octanol–water partition coefficient (Wildman–Crippen LogP) is 3.18. The second-order valence-corrected chi connectivity index (χ2v) is 10.5. The van der Waals surface area contributed by atoms with Gasteiger partial charge >= 0.3 is 0 Å². The Morgan fingerprint density at radius 3 is 2.45 bits per heavy atom. The van der Waals surface area contributed by atoms with Crippen LogP contribution in [0.15, 0.2) is 47.4 Å². The molecule has 1 aliphatic heterocycles. The highest BCUT2D eigenvalue weighted by Crippen LogP contribution is 2.36. The van der Waals surface area contributed by atoms with E-state index in [2.05, 4.69) is 9.82 Å². The van der Waals surface area contributed by atoms with Crippen LogP contribution in [-0.4, -0.2) is 66.3 Å². The molecule has 4 rings (SSSR count). The number of morpholine rings is 1. The normalized spacial score (nSPS) is 14.1. The van der Waals surface area contributed by atoms with Crippen molar-refractivity contribution in [3.05, 3.63) is 69.7 Å². The molecule has 1 amide bonds. The molecule has 12 nitrogen and oxygen atoms in total. The lowest BCUT2D eigenvalue weighted by molar-refractivity contribution is -0.385. The Kier molecular flexibility index (Phi) is 7.76. The number of nitrogens with zero attached hydrogens (tertiary/aromatic N) is 4. The van der Waals surface area contributed by atoms with Crippen molar-refractivity contribution in [2.75, 3.05) is 26.3 Å². The van der Waals surface area contributed by atoms with Crippen LogP contribution in [0.3, 0.4) is 0 Å². The molecule has 0 spiro atoms. The van der Waals surface area contributed by atoms with Gasteiger partial charge in [-0.25, -0.2) is 17.5 Å². The Bertz CT molecular complexity index is 1470. The minimum Gasteiger partial charge on any atom is -0.437 e. The van der Waals surface area contributed by atoms with E-state index >= 15 is 0 Å². The minimum absolute atomic E-state index is 0.0110. The molecule has 0 unspecified atom stereocenters. The number of halogens is 1. The number of nitro benzene ring substituents is 1. The predicted molar refractivity (Wildman–Crippen MR) is 134 cm³/mol. The molecular weight excluding hydrogens is 521 g/mol. The van der Waals surface area contributed by atoms with E-state index in [1.165, 1.54) is 28.9 Å². The number of sulfonamides is 1. The summed E-state index contributed by atoms with van der Waals surface area (Å²) in [5, 5.41) is 15.8. The van der Waals surface area contributed by atoms with Crippen LogP contribution < -0.4 is 9.46 Å². The smallest absolute Gasteiger partial charge is 0.274 e. The Morgan fingerprint density at radius 1 is 1.18 bits per heavy atom. The van der Waals surface area contributed by atoms with E-state index in [4.69, 9.17) is 9.47 Å². The van der Waals surface area contributed by atoms with E-state index in [-0.39, 0.29) is 23.2 Å². The summed E-state index contributed by atoms with van der Waals surface area (Å²) in [6.07, 6.45) is 0. The topological polar surface area (TPSA) is 146 Å². The van der Waals surface area contributed by atoms with Crippen molar-refractivity contribution in [2.24, 2.45) is 0 Å². The summed E-state index contributed by atoms with van der Waals surface area (Å²) in [6, 6.07) is 7.92. The zero-order valence-electron chi connectivity index (χ0n) is 20.9. The van der Waals surface area contributed by atoms with Crippen LogP contribution in [0.5, 0.6) is 11.6 Å². The van der Waals surface area contributed by atoms with E-state index in [1.807, 2.05) is 0 Å². The first-order chi connectivity index (χ1) is 18.0. The van der Waals surface area contributed by atoms with E-state index in [0.29, 0.717) is 37.6 Å². The number of nitro groups is 1. The van der Waals surface area contributed by atoms with Gasteiger partial charge in [-0.1, -0.05) is 0 Å². The second-order valence-electron chi connectivity index (χ2n) is 8.84. The van der Waals surface area contributed by atoms with Crippen LogP contribution in [0.25, 0.3) is 5.69 Å². The van der Waals surface area contributed by atoms with Gasteiger partial charge < -0.3 is 14.4 Å². The lowest BCUT2D eigenvalue weighted by Gasteiger charge is -2.26. The number of hydrogen-bond acceptors (Lipinski definition) is 8. The van der Waals surface area contributed by atoms with E-state index in [1.54, 1.807) is 25.7 Å². The van der Waals surface area contributed by atoms with Crippen LogP contribution in [0, 0.1) is 22.9 Å². The van der Waals surface area contributed by atoms with Crippen molar-refractivity contribution in [3.63, 3.8) is 0 Å². The summed E-state index contributed by atoms with van der Waals surface area (Å²) < 4.78 is 54.8. The standard InChI is InChI=1S/C24H26FN5O7S/c1-15(2)27-38(34,35)21-14-19(30(32)33)8-9-20(21)37-24-16(3)22(23(31)28-10-12-36-13-11-28)26-29(24)18-6-4-17(25)5-7-18/h4-9,14-15,27H,10-13H2,1-3H3. The molecule has 1 fully saturated rings. The van der Waals surface area contributed by atoms with Crippen LogP contribution in [0.2, 0.25) is 0 Å². The number of carbonyl (C=O) groups excluding carboxylic acids is 1. The fraction of sp³-hybridized carbons (Fsp3) is 0.333. The van der Waals surface area contributed by atoms with Crippen molar-refractivity contribution >= 4 is 21.6 Å². The largest absolute Gasteiger partial charge is 0.437 e. The molecule has 0 bridgehead atoms. The number of carbonyl (C=O) groups is 1. The monoisotopic (exact) mass is 547 g/mol. The van der Waals surface area contributed by atoms with E-state index in [0.717, 1.165) is 18.2 Å². The van der Waals surface area contributed by atoms with Crippen molar-refractivity contribution in [3.8, 4) is 17.3 Å². The van der Waals surface area contributed by atoms with E-state index < -0.39 is 37.4 Å². The van der Waals surface area contributed by atoms with Gasteiger partial charge in [0.25, 0.3) is 11.6 Å². The molecule has 0 atom stereocenters. The maximum absolute atomic E-state index is 13.6. The van der Waals surface area contributed by atoms with E-state index in [9.17, 15) is 27.7 Å². The molecule has 2 aromatic carbocycles.